The van der Waals surface area contributed by atoms with E-state index in [4.69, 9.17) is 0 Å². The smallest absolute Gasteiger partial charge is 0.211 e. The Morgan fingerprint density at radius 1 is 1.18 bits per heavy atom. The van der Waals surface area contributed by atoms with Gasteiger partial charge in [0, 0.05) is 6.54 Å². The molecule has 0 amide bonds. The molecule has 3 nitrogen and oxygen atoms in total. The van der Waals surface area contributed by atoms with E-state index < -0.39 is 10.0 Å². The lowest BCUT2D eigenvalue weighted by molar-refractivity contribution is 0.558. The Hall–Kier alpha value is -0.870. The number of hydrogen-bond donors (Lipinski definition) is 1. The fraction of sp³-hybridized carbons (Fsp3) is 0.538. The summed E-state index contributed by atoms with van der Waals surface area (Å²) in [7, 11) is -3.10. The fourth-order valence-corrected chi connectivity index (χ4v) is 2.73. The van der Waals surface area contributed by atoms with Crippen molar-refractivity contribution in [2.45, 2.75) is 26.7 Å². The Kier molecular flexibility index (Phi) is 5.65. The molecule has 0 saturated carbocycles. The van der Waals surface area contributed by atoms with Crippen LogP contribution in [0.15, 0.2) is 30.3 Å². The fourth-order valence-electron chi connectivity index (χ4n) is 1.48. The number of sulfonamides is 1. The lowest BCUT2D eigenvalue weighted by atomic mass is 10.1. The molecule has 0 aliphatic heterocycles. The van der Waals surface area contributed by atoms with Crippen LogP contribution in [0.3, 0.4) is 0 Å². The van der Waals surface area contributed by atoms with Crippen LogP contribution in [0.1, 0.15) is 25.8 Å². The molecule has 0 saturated heterocycles. The van der Waals surface area contributed by atoms with Crippen molar-refractivity contribution >= 4 is 10.0 Å². The third-order valence-corrected chi connectivity index (χ3v) is 3.87. The first-order chi connectivity index (χ1) is 7.99. The minimum absolute atomic E-state index is 0.203. The summed E-state index contributed by atoms with van der Waals surface area (Å²) in [6.07, 6.45) is 1.47. The minimum atomic E-state index is -3.10. The molecule has 0 spiro atoms. The molecule has 0 unspecified atom stereocenters. The molecule has 0 aliphatic carbocycles. The van der Waals surface area contributed by atoms with E-state index in [0.717, 1.165) is 6.42 Å². The molecule has 1 aromatic carbocycles. The molecule has 96 valence electrons. The highest BCUT2D eigenvalue weighted by Gasteiger charge is 2.09. The molecule has 0 bridgehead atoms. The van der Waals surface area contributed by atoms with Crippen LogP contribution < -0.4 is 4.72 Å². The van der Waals surface area contributed by atoms with Gasteiger partial charge in [-0.05, 0) is 24.3 Å². The SMILES string of the molecule is CC(C)CNS(=O)(=O)CCCc1ccccc1. The molecule has 0 aromatic heterocycles. The van der Waals surface area contributed by atoms with Crippen LogP contribution in [0.5, 0.6) is 0 Å². The summed E-state index contributed by atoms with van der Waals surface area (Å²) in [5.41, 5.74) is 1.19. The van der Waals surface area contributed by atoms with E-state index in [1.54, 1.807) is 0 Å². The van der Waals surface area contributed by atoms with E-state index >= 15 is 0 Å². The molecule has 0 fully saturated rings. The molecular weight excluding hydrogens is 234 g/mol. The molecule has 0 radical (unpaired) electrons. The average molecular weight is 255 g/mol. The first-order valence-corrected chi connectivity index (χ1v) is 7.66. The van der Waals surface area contributed by atoms with Crippen LogP contribution in [0, 0.1) is 5.92 Å². The molecule has 0 aliphatic rings. The normalized spacial score (nSPS) is 11.9. The quantitative estimate of drug-likeness (QED) is 0.812. The van der Waals surface area contributed by atoms with Crippen molar-refractivity contribution in [3.05, 3.63) is 35.9 Å². The Bertz CT molecular complexity index is 412. The average Bonchev–Trinajstić information content (AvgIpc) is 2.28. The van der Waals surface area contributed by atoms with E-state index in [1.807, 2.05) is 44.2 Å². The van der Waals surface area contributed by atoms with Crippen molar-refractivity contribution in [2.24, 2.45) is 5.92 Å². The standard InChI is InChI=1S/C13H21NO2S/c1-12(2)11-14-17(15,16)10-6-9-13-7-4-3-5-8-13/h3-5,7-8,12,14H,6,9-11H2,1-2H3. The van der Waals surface area contributed by atoms with E-state index in [9.17, 15) is 8.42 Å². The summed E-state index contributed by atoms with van der Waals surface area (Å²) < 4.78 is 25.8. The van der Waals surface area contributed by atoms with Crippen LogP contribution in [0.4, 0.5) is 0 Å². The van der Waals surface area contributed by atoms with Crippen LogP contribution in [-0.4, -0.2) is 20.7 Å². The molecular formula is C13H21NO2S. The predicted octanol–water partition coefficient (Wildman–Crippen LogP) is 2.19. The number of nitrogens with one attached hydrogen (secondary N) is 1. The van der Waals surface area contributed by atoms with Crippen molar-refractivity contribution in [1.29, 1.82) is 0 Å². The van der Waals surface area contributed by atoms with Gasteiger partial charge in [0.15, 0.2) is 0 Å². The van der Waals surface area contributed by atoms with E-state index in [0.29, 0.717) is 18.9 Å². The van der Waals surface area contributed by atoms with Crippen molar-refractivity contribution < 1.29 is 8.42 Å². The van der Waals surface area contributed by atoms with Crippen molar-refractivity contribution in [3.63, 3.8) is 0 Å². The first kappa shape index (κ1) is 14.2. The summed E-state index contributed by atoms with van der Waals surface area (Å²) in [6.45, 7) is 4.51. The van der Waals surface area contributed by atoms with Crippen LogP contribution in [0.25, 0.3) is 0 Å². The molecule has 4 heteroatoms. The predicted molar refractivity (Wildman–Crippen MR) is 71.4 cm³/mol. The highest BCUT2D eigenvalue weighted by atomic mass is 32.2. The van der Waals surface area contributed by atoms with Gasteiger partial charge in [-0.15, -0.1) is 0 Å². The number of hydrogen-bond acceptors (Lipinski definition) is 2. The lowest BCUT2D eigenvalue weighted by Crippen LogP contribution is -2.29. The molecule has 0 heterocycles. The molecule has 0 atom stereocenters. The maximum atomic E-state index is 11.6. The minimum Gasteiger partial charge on any atom is -0.215 e. The summed E-state index contributed by atoms with van der Waals surface area (Å²) in [5, 5.41) is 0. The Morgan fingerprint density at radius 2 is 1.82 bits per heavy atom. The Balaban J connectivity index is 2.31. The topological polar surface area (TPSA) is 46.2 Å². The van der Waals surface area contributed by atoms with E-state index in [-0.39, 0.29) is 5.75 Å². The zero-order valence-corrected chi connectivity index (χ0v) is 11.3. The van der Waals surface area contributed by atoms with Gasteiger partial charge < -0.3 is 0 Å². The molecule has 1 N–H and O–H groups in total. The van der Waals surface area contributed by atoms with Gasteiger partial charge in [-0.3, -0.25) is 0 Å². The third kappa shape index (κ3) is 6.44. The van der Waals surface area contributed by atoms with E-state index in [2.05, 4.69) is 4.72 Å². The van der Waals surface area contributed by atoms with Crippen LogP contribution >= 0.6 is 0 Å². The molecule has 1 aromatic rings. The van der Waals surface area contributed by atoms with Crippen LogP contribution in [0.2, 0.25) is 0 Å². The van der Waals surface area contributed by atoms with E-state index in [1.165, 1.54) is 5.56 Å². The van der Waals surface area contributed by atoms with Crippen molar-refractivity contribution in [1.82, 2.24) is 4.72 Å². The largest absolute Gasteiger partial charge is 0.215 e. The maximum absolute atomic E-state index is 11.6. The second-order valence-electron chi connectivity index (χ2n) is 4.65. The summed E-state index contributed by atoms with van der Waals surface area (Å²) in [6, 6.07) is 9.95. The van der Waals surface area contributed by atoms with Gasteiger partial charge in [0.2, 0.25) is 10.0 Å². The summed E-state index contributed by atoms with van der Waals surface area (Å²) >= 11 is 0. The Labute approximate surface area is 104 Å². The summed E-state index contributed by atoms with van der Waals surface area (Å²) in [4.78, 5) is 0. The zero-order valence-electron chi connectivity index (χ0n) is 10.5. The van der Waals surface area contributed by atoms with Gasteiger partial charge in [0.1, 0.15) is 0 Å². The van der Waals surface area contributed by atoms with Crippen molar-refractivity contribution in [2.75, 3.05) is 12.3 Å². The van der Waals surface area contributed by atoms with Gasteiger partial charge in [0.05, 0.1) is 5.75 Å². The molecule has 17 heavy (non-hydrogen) atoms. The van der Waals surface area contributed by atoms with Gasteiger partial charge in [-0.1, -0.05) is 44.2 Å². The second kappa shape index (κ2) is 6.77. The monoisotopic (exact) mass is 255 g/mol. The number of benzene rings is 1. The summed E-state index contributed by atoms with van der Waals surface area (Å²) in [5.74, 6) is 0.549. The number of aryl methyl sites for hydroxylation is 1. The Morgan fingerprint density at radius 3 is 2.41 bits per heavy atom. The second-order valence-corrected chi connectivity index (χ2v) is 6.58. The van der Waals surface area contributed by atoms with Gasteiger partial charge in [0.25, 0.3) is 0 Å². The lowest BCUT2D eigenvalue weighted by Gasteiger charge is -2.08. The molecule has 1 rings (SSSR count). The van der Waals surface area contributed by atoms with Crippen molar-refractivity contribution in [3.8, 4) is 0 Å². The maximum Gasteiger partial charge on any atom is 0.211 e. The zero-order chi connectivity index (χ0) is 12.7. The van der Waals surface area contributed by atoms with Gasteiger partial charge in [-0.25, -0.2) is 13.1 Å². The van der Waals surface area contributed by atoms with Gasteiger partial charge in [-0.2, -0.15) is 0 Å². The first-order valence-electron chi connectivity index (χ1n) is 6.01. The highest BCUT2D eigenvalue weighted by molar-refractivity contribution is 7.89. The van der Waals surface area contributed by atoms with Crippen LogP contribution in [-0.2, 0) is 16.4 Å². The number of rotatable bonds is 7. The highest BCUT2D eigenvalue weighted by Crippen LogP contribution is 2.03. The third-order valence-electron chi connectivity index (χ3n) is 2.43. The van der Waals surface area contributed by atoms with Gasteiger partial charge >= 0.3 is 0 Å².